The second-order valence-electron chi connectivity index (χ2n) is 4.65. The first kappa shape index (κ1) is 12.2. The molecule has 0 N–H and O–H groups in total. The van der Waals surface area contributed by atoms with Crippen molar-refractivity contribution in [1.82, 2.24) is 24.7 Å². The van der Waals surface area contributed by atoms with Gasteiger partial charge >= 0.3 is 0 Å². The van der Waals surface area contributed by atoms with Gasteiger partial charge in [0.05, 0.1) is 23.6 Å². The molecule has 0 saturated heterocycles. The fraction of sp³-hybridized carbons (Fsp3) is 0.0667. The lowest BCUT2D eigenvalue weighted by Crippen LogP contribution is -1.99. The standard InChI is InChI=1S/C15H11N5S/c1-2-11(6-16-4-1)9-20-10-12(7-18-20)15-19-13-8-17-5-3-14(13)21-15/h1-8,10H,9H2. The summed E-state index contributed by atoms with van der Waals surface area (Å²) in [5.74, 6) is 0. The van der Waals surface area contributed by atoms with Crippen LogP contribution in [0.3, 0.4) is 0 Å². The lowest BCUT2D eigenvalue weighted by Gasteiger charge is -1.99. The highest BCUT2D eigenvalue weighted by atomic mass is 32.1. The molecule has 0 atom stereocenters. The molecule has 4 aromatic rings. The highest BCUT2D eigenvalue weighted by Crippen LogP contribution is 2.29. The summed E-state index contributed by atoms with van der Waals surface area (Å²) in [5.41, 5.74) is 3.08. The van der Waals surface area contributed by atoms with Crippen LogP contribution in [0.2, 0.25) is 0 Å². The SMILES string of the molecule is c1cncc(Cn2cc(-c3nc4cnccc4s3)cn2)c1. The first-order valence-electron chi connectivity index (χ1n) is 6.51. The van der Waals surface area contributed by atoms with Crippen LogP contribution in [0.5, 0.6) is 0 Å². The van der Waals surface area contributed by atoms with Crippen LogP contribution in [0.1, 0.15) is 5.56 Å². The molecule has 102 valence electrons. The summed E-state index contributed by atoms with van der Waals surface area (Å²) < 4.78 is 3.04. The third-order valence-corrected chi connectivity index (χ3v) is 4.22. The minimum absolute atomic E-state index is 0.709. The molecule has 4 rings (SSSR count). The third-order valence-electron chi connectivity index (χ3n) is 3.14. The Morgan fingerprint density at radius 1 is 1.05 bits per heavy atom. The van der Waals surface area contributed by atoms with E-state index in [1.54, 1.807) is 29.9 Å². The van der Waals surface area contributed by atoms with Crippen molar-refractivity contribution in [2.24, 2.45) is 0 Å². The summed E-state index contributed by atoms with van der Waals surface area (Å²) in [4.78, 5) is 12.8. The van der Waals surface area contributed by atoms with E-state index in [-0.39, 0.29) is 0 Å². The molecule has 0 amide bonds. The Bertz CT molecular complexity index is 848. The maximum absolute atomic E-state index is 4.59. The number of rotatable bonds is 3. The molecule has 5 nitrogen and oxygen atoms in total. The summed E-state index contributed by atoms with van der Waals surface area (Å²) in [6.07, 6.45) is 11.1. The molecule has 21 heavy (non-hydrogen) atoms. The Balaban J connectivity index is 1.64. The first-order valence-corrected chi connectivity index (χ1v) is 7.32. The molecule has 0 unspecified atom stereocenters. The Morgan fingerprint density at radius 3 is 2.86 bits per heavy atom. The van der Waals surface area contributed by atoms with Gasteiger partial charge in [0.2, 0.25) is 0 Å². The molecule has 0 fully saturated rings. The third kappa shape index (κ3) is 2.41. The monoisotopic (exact) mass is 293 g/mol. The van der Waals surface area contributed by atoms with Gasteiger partial charge in [-0.3, -0.25) is 14.6 Å². The minimum atomic E-state index is 0.709. The number of aromatic nitrogens is 5. The van der Waals surface area contributed by atoms with Gasteiger partial charge in [0.1, 0.15) is 10.5 Å². The van der Waals surface area contributed by atoms with E-state index in [4.69, 9.17) is 0 Å². The van der Waals surface area contributed by atoms with E-state index in [1.165, 1.54) is 0 Å². The normalized spacial score (nSPS) is 11.0. The minimum Gasteiger partial charge on any atom is -0.268 e. The van der Waals surface area contributed by atoms with Gasteiger partial charge in [-0.2, -0.15) is 5.10 Å². The second kappa shape index (κ2) is 5.06. The van der Waals surface area contributed by atoms with Crippen LogP contribution in [0.25, 0.3) is 20.8 Å². The number of pyridine rings is 2. The van der Waals surface area contributed by atoms with Crippen molar-refractivity contribution in [1.29, 1.82) is 0 Å². The number of hydrogen-bond donors (Lipinski definition) is 0. The van der Waals surface area contributed by atoms with Gasteiger partial charge in [-0.05, 0) is 17.7 Å². The van der Waals surface area contributed by atoms with E-state index in [2.05, 4.69) is 20.1 Å². The number of hydrogen-bond acceptors (Lipinski definition) is 5. The summed E-state index contributed by atoms with van der Waals surface area (Å²) in [7, 11) is 0. The molecule has 4 aromatic heterocycles. The Hall–Kier alpha value is -2.60. The van der Waals surface area contributed by atoms with Crippen LogP contribution in [0.4, 0.5) is 0 Å². The van der Waals surface area contributed by atoms with E-state index >= 15 is 0 Å². The van der Waals surface area contributed by atoms with Crippen molar-refractivity contribution in [3.8, 4) is 10.6 Å². The van der Waals surface area contributed by atoms with E-state index in [0.29, 0.717) is 6.54 Å². The zero-order valence-electron chi connectivity index (χ0n) is 11.0. The number of thiazole rings is 1. The van der Waals surface area contributed by atoms with Crippen LogP contribution in [-0.2, 0) is 6.54 Å². The van der Waals surface area contributed by atoms with Crippen LogP contribution >= 0.6 is 11.3 Å². The first-order chi connectivity index (χ1) is 10.4. The zero-order valence-corrected chi connectivity index (χ0v) is 11.9. The predicted molar refractivity (Wildman–Crippen MR) is 82.0 cm³/mol. The van der Waals surface area contributed by atoms with E-state index in [1.807, 2.05) is 41.5 Å². The Morgan fingerprint density at radius 2 is 2.00 bits per heavy atom. The maximum Gasteiger partial charge on any atom is 0.127 e. The molecule has 0 radical (unpaired) electrons. The second-order valence-corrected chi connectivity index (χ2v) is 5.68. The smallest absolute Gasteiger partial charge is 0.127 e. The summed E-state index contributed by atoms with van der Waals surface area (Å²) >= 11 is 1.65. The zero-order chi connectivity index (χ0) is 14.1. The molecule has 0 bridgehead atoms. The number of nitrogens with zero attached hydrogens (tertiary/aromatic N) is 5. The van der Waals surface area contributed by atoms with Gasteiger partial charge < -0.3 is 0 Å². The molecular weight excluding hydrogens is 282 g/mol. The highest BCUT2D eigenvalue weighted by Gasteiger charge is 2.08. The molecule has 6 heteroatoms. The van der Waals surface area contributed by atoms with Crippen LogP contribution in [-0.4, -0.2) is 24.7 Å². The van der Waals surface area contributed by atoms with Gasteiger partial charge in [0.15, 0.2) is 0 Å². The lowest BCUT2D eigenvalue weighted by molar-refractivity contribution is 0.685. The number of fused-ring (bicyclic) bond motifs is 1. The molecule has 0 aliphatic rings. The molecule has 0 aliphatic carbocycles. The maximum atomic E-state index is 4.59. The van der Waals surface area contributed by atoms with E-state index in [9.17, 15) is 0 Å². The van der Waals surface area contributed by atoms with Gasteiger partial charge in [-0.1, -0.05) is 6.07 Å². The fourth-order valence-electron chi connectivity index (χ4n) is 2.14. The molecule has 0 saturated carbocycles. The van der Waals surface area contributed by atoms with Gasteiger partial charge in [-0.25, -0.2) is 4.98 Å². The van der Waals surface area contributed by atoms with Crippen molar-refractivity contribution >= 4 is 21.6 Å². The van der Waals surface area contributed by atoms with Crippen LogP contribution in [0.15, 0.2) is 55.4 Å². The molecule has 4 heterocycles. The van der Waals surface area contributed by atoms with Crippen molar-refractivity contribution in [3.63, 3.8) is 0 Å². The molecular formula is C15H11N5S. The largest absolute Gasteiger partial charge is 0.268 e. The average molecular weight is 293 g/mol. The highest BCUT2D eigenvalue weighted by molar-refractivity contribution is 7.21. The van der Waals surface area contributed by atoms with Crippen LogP contribution in [0, 0.1) is 0 Å². The fourth-order valence-corrected chi connectivity index (χ4v) is 3.05. The summed E-state index contributed by atoms with van der Waals surface area (Å²) in [6, 6.07) is 5.95. The van der Waals surface area contributed by atoms with Gasteiger partial charge in [-0.15, -0.1) is 11.3 Å². The summed E-state index contributed by atoms with van der Waals surface area (Å²) in [6.45, 7) is 0.709. The van der Waals surface area contributed by atoms with E-state index in [0.717, 1.165) is 26.4 Å². The van der Waals surface area contributed by atoms with Gasteiger partial charge in [0, 0.05) is 30.4 Å². The molecule has 0 aromatic carbocycles. The van der Waals surface area contributed by atoms with Crippen molar-refractivity contribution in [2.45, 2.75) is 6.54 Å². The summed E-state index contributed by atoms with van der Waals surface area (Å²) in [5, 5.41) is 5.37. The van der Waals surface area contributed by atoms with Crippen LogP contribution < -0.4 is 0 Å². The quantitative estimate of drug-likeness (QED) is 0.582. The van der Waals surface area contributed by atoms with Crippen molar-refractivity contribution in [2.75, 3.05) is 0 Å². The lowest BCUT2D eigenvalue weighted by atomic mass is 10.3. The Labute approximate surface area is 124 Å². The topological polar surface area (TPSA) is 56.5 Å². The molecule has 0 aliphatic heterocycles. The Kier molecular flexibility index (Phi) is 2.93. The van der Waals surface area contributed by atoms with Gasteiger partial charge in [0.25, 0.3) is 0 Å². The van der Waals surface area contributed by atoms with E-state index < -0.39 is 0 Å². The average Bonchev–Trinajstić information content (AvgIpc) is 3.14. The van der Waals surface area contributed by atoms with Crippen molar-refractivity contribution in [3.05, 3.63) is 60.9 Å². The van der Waals surface area contributed by atoms with Crippen molar-refractivity contribution < 1.29 is 0 Å². The molecule has 0 spiro atoms. The predicted octanol–water partition coefficient (Wildman–Crippen LogP) is 3.00.